The number of rotatable bonds is 9. The van der Waals surface area contributed by atoms with Crippen LogP contribution >= 0.6 is 11.8 Å². The summed E-state index contributed by atoms with van der Waals surface area (Å²) in [5.41, 5.74) is 0. The molecule has 0 spiro atoms. The highest BCUT2D eigenvalue weighted by molar-refractivity contribution is 7.99. The highest BCUT2D eigenvalue weighted by atomic mass is 32.2. The molecule has 0 fully saturated rings. The number of carbonyl (C=O) groups is 1. The van der Waals surface area contributed by atoms with Gasteiger partial charge in [0.05, 0.1) is 6.61 Å². The van der Waals surface area contributed by atoms with Crippen molar-refractivity contribution in [2.75, 3.05) is 19.4 Å². The Labute approximate surface area is 109 Å². The summed E-state index contributed by atoms with van der Waals surface area (Å²) in [6.45, 7) is 7.07. The van der Waals surface area contributed by atoms with Crippen LogP contribution in [0.5, 0.6) is 0 Å². The molecule has 0 saturated carbocycles. The summed E-state index contributed by atoms with van der Waals surface area (Å²) in [5, 5.41) is 15.4. The van der Waals surface area contributed by atoms with Crippen LogP contribution in [0.2, 0.25) is 0 Å². The van der Waals surface area contributed by atoms with Gasteiger partial charge in [0.1, 0.15) is 0 Å². The van der Waals surface area contributed by atoms with Crippen LogP contribution in [-0.4, -0.2) is 47.8 Å². The number of thioether (sulfide) groups is 1. The maximum Gasteiger partial charge on any atom is 0.220 e. The Bertz CT molecular complexity index is 209. The minimum absolute atomic E-state index is 0.0144. The molecule has 0 heterocycles. The molecule has 0 saturated heterocycles. The van der Waals surface area contributed by atoms with Crippen molar-refractivity contribution in [2.24, 2.45) is 0 Å². The van der Waals surface area contributed by atoms with Gasteiger partial charge in [-0.25, -0.2) is 0 Å². The molecular weight excluding hydrogens is 236 g/mol. The van der Waals surface area contributed by atoms with Crippen molar-refractivity contribution >= 4 is 17.7 Å². The van der Waals surface area contributed by atoms with Crippen molar-refractivity contribution in [1.82, 2.24) is 10.6 Å². The van der Waals surface area contributed by atoms with E-state index in [1.54, 1.807) is 11.8 Å². The van der Waals surface area contributed by atoms with E-state index in [1.165, 1.54) is 0 Å². The lowest BCUT2D eigenvalue weighted by Crippen LogP contribution is -2.41. The second-order valence-electron chi connectivity index (χ2n) is 4.53. The molecule has 5 heteroatoms. The van der Waals surface area contributed by atoms with Crippen LogP contribution in [-0.2, 0) is 4.79 Å². The van der Waals surface area contributed by atoms with Crippen molar-refractivity contribution in [3.05, 3.63) is 0 Å². The van der Waals surface area contributed by atoms with E-state index in [2.05, 4.69) is 24.5 Å². The van der Waals surface area contributed by atoms with Crippen LogP contribution in [0.15, 0.2) is 0 Å². The largest absolute Gasteiger partial charge is 0.395 e. The molecule has 2 atom stereocenters. The van der Waals surface area contributed by atoms with E-state index < -0.39 is 0 Å². The van der Waals surface area contributed by atoms with Gasteiger partial charge in [0.2, 0.25) is 5.91 Å². The Hall–Kier alpha value is -0.260. The maximum absolute atomic E-state index is 11.6. The van der Waals surface area contributed by atoms with E-state index in [4.69, 9.17) is 5.11 Å². The number of nitrogens with one attached hydrogen (secondary N) is 2. The second-order valence-corrected chi connectivity index (χ2v) is 5.60. The molecule has 2 unspecified atom stereocenters. The fourth-order valence-corrected chi connectivity index (χ4v) is 2.12. The summed E-state index contributed by atoms with van der Waals surface area (Å²) in [6.07, 6.45) is 3.33. The first-order valence-corrected chi connectivity index (χ1v) is 7.46. The van der Waals surface area contributed by atoms with E-state index >= 15 is 0 Å². The number of aliphatic hydroxyl groups is 1. The average Bonchev–Trinajstić information content (AvgIpc) is 2.25. The number of hydrogen-bond donors (Lipinski definition) is 3. The SMILES string of the molecule is CSC(CO)C(C)NC(=O)CCCNC(C)C. The summed E-state index contributed by atoms with van der Waals surface area (Å²) in [5.74, 6) is 0.0653. The molecule has 3 N–H and O–H groups in total. The molecule has 0 aromatic rings. The Morgan fingerprint density at radius 1 is 1.35 bits per heavy atom. The molecule has 0 radical (unpaired) electrons. The third-order valence-electron chi connectivity index (χ3n) is 2.56. The number of hydrogen-bond acceptors (Lipinski definition) is 4. The maximum atomic E-state index is 11.6. The van der Waals surface area contributed by atoms with E-state index in [-0.39, 0.29) is 23.8 Å². The van der Waals surface area contributed by atoms with E-state index in [0.29, 0.717) is 12.5 Å². The van der Waals surface area contributed by atoms with Gasteiger partial charge in [0.25, 0.3) is 0 Å². The smallest absolute Gasteiger partial charge is 0.220 e. The van der Waals surface area contributed by atoms with Gasteiger partial charge in [-0.05, 0) is 26.1 Å². The summed E-state index contributed by atoms with van der Waals surface area (Å²) in [7, 11) is 0. The molecule has 0 rings (SSSR count). The quantitative estimate of drug-likeness (QED) is 0.542. The van der Waals surface area contributed by atoms with Gasteiger partial charge < -0.3 is 15.7 Å². The molecule has 0 aliphatic carbocycles. The van der Waals surface area contributed by atoms with Crippen molar-refractivity contribution in [3.63, 3.8) is 0 Å². The average molecular weight is 262 g/mol. The Morgan fingerprint density at radius 2 is 2.00 bits per heavy atom. The van der Waals surface area contributed by atoms with Gasteiger partial charge in [-0.2, -0.15) is 11.8 Å². The van der Waals surface area contributed by atoms with Crippen molar-refractivity contribution in [1.29, 1.82) is 0 Å². The predicted octanol–water partition coefficient (Wildman–Crippen LogP) is 0.993. The standard InChI is InChI=1S/C12H26N2O2S/c1-9(2)13-7-5-6-12(16)14-10(3)11(8-15)17-4/h9-11,13,15H,5-8H2,1-4H3,(H,14,16). The summed E-state index contributed by atoms with van der Waals surface area (Å²) in [4.78, 5) is 11.6. The minimum Gasteiger partial charge on any atom is -0.395 e. The van der Waals surface area contributed by atoms with Crippen molar-refractivity contribution in [2.45, 2.75) is 50.9 Å². The lowest BCUT2D eigenvalue weighted by atomic mass is 10.2. The van der Waals surface area contributed by atoms with Gasteiger partial charge in [-0.3, -0.25) is 4.79 Å². The fourth-order valence-electron chi connectivity index (χ4n) is 1.50. The van der Waals surface area contributed by atoms with Crippen molar-refractivity contribution < 1.29 is 9.90 Å². The lowest BCUT2D eigenvalue weighted by molar-refractivity contribution is -0.121. The number of carbonyl (C=O) groups excluding carboxylic acids is 1. The number of aliphatic hydroxyl groups excluding tert-OH is 1. The van der Waals surface area contributed by atoms with Gasteiger partial charge in [-0.1, -0.05) is 13.8 Å². The van der Waals surface area contributed by atoms with Crippen LogP contribution < -0.4 is 10.6 Å². The zero-order chi connectivity index (χ0) is 13.3. The molecule has 17 heavy (non-hydrogen) atoms. The molecule has 0 aliphatic heterocycles. The molecule has 102 valence electrons. The molecular formula is C12H26N2O2S. The van der Waals surface area contributed by atoms with Crippen LogP contribution in [0.1, 0.15) is 33.6 Å². The predicted molar refractivity (Wildman–Crippen MR) is 74.4 cm³/mol. The van der Waals surface area contributed by atoms with Crippen LogP contribution in [0.4, 0.5) is 0 Å². The summed E-state index contributed by atoms with van der Waals surface area (Å²) in [6, 6.07) is 0.479. The fraction of sp³-hybridized carbons (Fsp3) is 0.917. The first kappa shape index (κ1) is 16.7. The van der Waals surface area contributed by atoms with Crippen molar-refractivity contribution in [3.8, 4) is 0 Å². The van der Waals surface area contributed by atoms with Crippen LogP contribution in [0, 0.1) is 0 Å². The molecule has 0 aliphatic rings. The molecule has 4 nitrogen and oxygen atoms in total. The molecule has 1 amide bonds. The summed E-state index contributed by atoms with van der Waals surface area (Å²) < 4.78 is 0. The Balaban J connectivity index is 3.70. The Kier molecular flexibility index (Phi) is 9.59. The molecule has 0 bridgehead atoms. The minimum atomic E-state index is 0.0144. The van der Waals surface area contributed by atoms with E-state index in [0.717, 1.165) is 13.0 Å². The summed E-state index contributed by atoms with van der Waals surface area (Å²) >= 11 is 1.58. The van der Waals surface area contributed by atoms with Gasteiger partial charge in [0, 0.05) is 23.8 Å². The van der Waals surface area contributed by atoms with Crippen LogP contribution in [0.3, 0.4) is 0 Å². The van der Waals surface area contributed by atoms with Gasteiger partial charge in [0.15, 0.2) is 0 Å². The zero-order valence-corrected chi connectivity index (χ0v) is 12.1. The zero-order valence-electron chi connectivity index (χ0n) is 11.3. The first-order chi connectivity index (χ1) is 8.01. The Morgan fingerprint density at radius 3 is 2.47 bits per heavy atom. The highest BCUT2D eigenvalue weighted by Gasteiger charge is 2.16. The van der Waals surface area contributed by atoms with Crippen LogP contribution in [0.25, 0.3) is 0 Å². The second kappa shape index (κ2) is 9.74. The lowest BCUT2D eigenvalue weighted by Gasteiger charge is -2.21. The normalized spacial score (nSPS) is 14.7. The third-order valence-corrected chi connectivity index (χ3v) is 3.73. The first-order valence-electron chi connectivity index (χ1n) is 6.17. The van der Waals surface area contributed by atoms with Gasteiger partial charge in [-0.15, -0.1) is 0 Å². The molecule has 0 aromatic heterocycles. The number of amides is 1. The third kappa shape index (κ3) is 8.46. The monoisotopic (exact) mass is 262 g/mol. The topological polar surface area (TPSA) is 61.4 Å². The van der Waals surface area contributed by atoms with E-state index in [9.17, 15) is 4.79 Å². The molecule has 0 aromatic carbocycles. The van der Waals surface area contributed by atoms with Gasteiger partial charge >= 0.3 is 0 Å². The highest BCUT2D eigenvalue weighted by Crippen LogP contribution is 2.10. The van der Waals surface area contributed by atoms with E-state index in [1.807, 2.05) is 13.2 Å².